The van der Waals surface area contributed by atoms with Crippen LogP contribution in [0.25, 0.3) is 22.4 Å². The highest BCUT2D eigenvalue weighted by molar-refractivity contribution is 5.92. The third kappa shape index (κ3) is 2.68. The molecule has 2 N–H and O–H groups in total. The summed E-state index contributed by atoms with van der Waals surface area (Å²) in [7, 11) is 0. The third-order valence-corrected chi connectivity index (χ3v) is 4.79. The Labute approximate surface area is 142 Å². The van der Waals surface area contributed by atoms with E-state index in [-0.39, 0.29) is 0 Å². The van der Waals surface area contributed by atoms with Gasteiger partial charge in [-0.05, 0) is 38.7 Å². The molecule has 24 heavy (non-hydrogen) atoms. The van der Waals surface area contributed by atoms with Crippen LogP contribution in [0.3, 0.4) is 0 Å². The van der Waals surface area contributed by atoms with E-state index in [1.165, 1.54) is 5.56 Å². The van der Waals surface area contributed by atoms with E-state index in [0.717, 1.165) is 53.2 Å². The Morgan fingerprint density at radius 3 is 2.67 bits per heavy atom. The van der Waals surface area contributed by atoms with Crippen LogP contribution in [0.1, 0.15) is 30.5 Å². The summed E-state index contributed by atoms with van der Waals surface area (Å²) in [6, 6.07) is 10.6. The van der Waals surface area contributed by atoms with Gasteiger partial charge >= 0.3 is 0 Å². The maximum atomic E-state index is 4.87. The van der Waals surface area contributed by atoms with Crippen LogP contribution in [-0.2, 0) is 0 Å². The summed E-state index contributed by atoms with van der Waals surface area (Å²) >= 11 is 0. The SMILES string of the molecule is Cc1[nH]c2nc(-c3ccccc3)nc(NC3CC=CCC3)c2c1C. The van der Waals surface area contributed by atoms with Crippen molar-refractivity contribution in [3.05, 3.63) is 53.7 Å². The molecule has 1 aliphatic carbocycles. The molecule has 0 bridgehead atoms. The van der Waals surface area contributed by atoms with Crippen LogP contribution in [-0.4, -0.2) is 21.0 Å². The van der Waals surface area contributed by atoms with E-state index < -0.39 is 0 Å². The van der Waals surface area contributed by atoms with Crippen molar-refractivity contribution >= 4 is 16.9 Å². The molecule has 1 aromatic carbocycles. The van der Waals surface area contributed by atoms with E-state index in [2.05, 4.69) is 48.4 Å². The van der Waals surface area contributed by atoms with E-state index in [4.69, 9.17) is 9.97 Å². The third-order valence-electron chi connectivity index (χ3n) is 4.79. The van der Waals surface area contributed by atoms with Crippen LogP contribution < -0.4 is 5.32 Å². The number of allylic oxidation sites excluding steroid dienone is 1. The minimum atomic E-state index is 0.436. The molecule has 4 heteroatoms. The van der Waals surface area contributed by atoms with Crippen molar-refractivity contribution < 1.29 is 0 Å². The van der Waals surface area contributed by atoms with Crippen molar-refractivity contribution in [3.8, 4) is 11.4 Å². The molecule has 2 aromatic heterocycles. The molecule has 1 unspecified atom stereocenters. The Balaban J connectivity index is 1.83. The number of hydrogen-bond acceptors (Lipinski definition) is 3. The Morgan fingerprint density at radius 2 is 1.92 bits per heavy atom. The van der Waals surface area contributed by atoms with Gasteiger partial charge in [0.2, 0.25) is 0 Å². The van der Waals surface area contributed by atoms with Gasteiger partial charge < -0.3 is 10.3 Å². The average Bonchev–Trinajstić information content (AvgIpc) is 2.91. The molecule has 1 aliphatic rings. The van der Waals surface area contributed by atoms with Crippen LogP contribution in [0.2, 0.25) is 0 Å². The van der Waals surface area contributed by atoms with Gasteiger partial charge in [-0.3, -0.25) is 0 Å². The first-order valence-electron chi connectivity index (χ1n) is 8.56. The molecule has 0 saturated carbocycles. The van der Waals surface area contributed by atoms with E-state index in [0.29, 0.717) is 6.04 Å². The van der Waals surface area contributed by atoms with Crippen LogP contribution in [0.4, 0.5) is 5.82 Å². The topological polar surface area (TPSA) is 53.6 Å². The molecule has 4 nitrogen and oxygen atoms in total. The highest BCUT2D eigenvalue weighted by atomic mass is 15.1. The molecule has 122 valence electrons. The fraction of sp³-hybridized carbons (Fsp3) is 0.300. The van der Waals surface area contributed by atoms with Crippen LogP contribution in [0, 0.1) is 13.8 Å². The summed E-state index contributed by atoms with van der Waals surface area (Å²) in [6.07, 6.45) is 7.84. The molecule has 3 aromatic rings. The summed E-state index contributed by atoms with van der Waals surface area (Å²) in [5, 5.41) is 4.78. The number of anilines is 1. The second-order valence-electron chi connectivity index (χ2n) is 6.49. The molecule has 4 rings (SSSR count). The zero-order chi connectivity index (χ0) is 16.5. The minimum Gasteiger partial charge on any atom is -0.366 e. The number of rotatable bonds is 3. The maximum Gasteiger partial charge on any atom is 0.163 e. The molecule has 0 fully saturated rings. The van der Waals surface area contributed by atoms with Gasteiger partial charge in [0.15, 0.2) is 5.82 Å². The molecule has 1 atom stereocenters. The predicted molar refractivity (Wildman–Crippen MR) is 99.2 cm³/mol. The quantitative estimate of drug-likeness (QED) is 0.684. The summed E-state index contributed by atoms with van der Waals surface area (Å²) in [4.78, 5) is 13.0. The van der Waals surface area contributed by atoms with Crippen molar-refractivity contribution in [1.29, 1.82) is 0 Å². The standard InChI is InChI=1S/C20H22N4/c1-13-14(2)21-19-17(13)20(22-16-11-7-4-8-12-16)24-18(23-19)15-9-5-3-6-10-15/h3-7,9-10,16H,8,11-12H2,1-2H3,(H2,21,22,23,24). The number of aromatic amines is 1. The first-order chi connectivity index (χ1) is 11.7. The summed E-state index contributed by atoms with van der Waals surface area (Å²) < 4.78 is 0. The van der Waals surface area contributed by atoms with Gasteiger partial charge in [-0.15, -0.1) is 0 Å². The fourth-order valence-electron chi connectivity index (χ4n) is 3.30. The Morgan fingerprint density at radius 1 is 1.08 bits per heavy atom. The number of fused-ring (bicyclic) bond motifs is 1. The van der Waals surface area contributed by atoms with Gasteiger partial charge in [0, 0.05) is 17.3 Å². The van der Waals surface area contributed by atoms with E-state index in [1.54, 1.807) is 0 Å². The summed E-state index contributed by atoms with van der Waals surface area (Å²) in [5.74, 6) is 1.71. The normalized spacial score (nSPS) is 17.3. The lowest BCUT2D eigenvalue weighted by atomic mass is 10.0. The minimum absolute atomic E-state index is 0.436. The molecule has 0 spiro atoms. The summed E-state index contributed by atoms with van der Waals surface area (Å²) in [5.41, 5.74) is 4.32. The second-order valence-corrected chi connectivity index (χ2v) is 6.49. The number of aryl methyl sites for hydroxylation is 2. The van der Waals surface area contributed by atoms with Gasteiger partial charge in [-0.25, -0.2) is 9.97 Å². The molecule has 2 heterocycles. The van der Waals surface area contributed by atoms with Gasteiger partial charge in [0.05, 0.1) is 5.39 Å². The van der Waals surface area contributed by atoms with Crippen LogP contribution in [0.5, 0.6) is 0 Å². The highest BCUT2D eigenvalue weighted by Crippen LogP contribution is 2.30. The van der Waals surface area contributed by atoms with Crippen molar-refractivity contribution in [2.75, 3.05) is 5.32 Å². The predicted octanol–water partition coefficient (Wildman–Crippen LogP) is 4.76. The molecule has 0 radical (unpaired) electrons. The lowest BCUT2D eigenvalue weighted by Crippen LogP contribution is -2.21. The zero-order valence-electron chi connectivity index (χ0n) is 14.1. The van der Waals surface area contributed by atoms with Gasteiger partial charge in [-0.2, -0.15) is 0 Å². The Hall–Kier alpha value is -2.62. The number of nitrogens with zero attached hydrogens (tertiary/aromatic N) is 2. The monoisotopic (exact) mass is 318 g/mol. The van der Waals surface area contributed by atoms with E-state index in [9.17, 15) is 0 Å². The van der Waals surface area contributed by atoms with Gasteiger partial charge in [0.1, 0.15) is 11.5 Å². The average molecular weight is 318 g/mol. The number of aromatic nitrogens is 3. The van der Waals surface area contributed by atoms with Crippen molar-refractivity contribution in [2.45, 2.75) is 39.2 Å². The maximum absolute atomic E-state index is 4.87. The lowest BCUT2D eigenvalue weighted by Gasteiger charge is -2.21. The highest BCUT2D eigenvalue weighted by Gasteiger charge is 2.18. The summed E-state index contributed by atoms with van der Waals surface area (Å²) in [6.45, 7) is 4.22. The second kappa shape index (κ2) is 6.11. The molecular formula is C20H22N4. The first kappa shape index (κ1) is 14.9. The number of benzene rings is 1. The Bertz CT molecular complexity index is 893. The molecule has 0 aliphatic heterocycles. The van der Waals surface area contributed by atoms with Gasteiger partial charge in [-0.1, -0.05) is 42.5 Å². The van der Waals surface area contributed by atoms with E-state index >= 15 is 0 Å². The Kier molecular flexibility index (Phi) is 3.81. The fourth-order valence-corrected chi connectivity index (χ4v) is 3.30. The van der Waals surface area contributed by atoms with Crippen molar-refractivity contribution in [3.63, 3.8) is 0 Å². The largest absolute Gasteiger partial charge is 0.366 e. The van der Waals surface area contributed by atoms with Gasteiger partial charge in [0.25, 0.3) is 0 Å². The number of nitrogens with one attached hydrogen (secondary N) is 2. The molecule has 0 saturated heterocycles. The molecular weight excluding hydrogens is 296 g/mol. The smallest absolute Gasteiger partial charge is 0.163 e. The molecule has 0 amide bonds. The number of hydrogen-bond donors (Lipinski definition) is 2. The van der Waals surface area contributed by atoms with Crippen LogP contribution in [0.15, 0.2) is 42.5 Å². The first-order valence-corrected chi connectivity index (χ1v) is 8.56. The number of H-pyrrole nitrogens is 1. The zero-order valence-corrected chi connectivity index (χ0v) is 14.1. The van der Waals surface area contributed by atoms with Crippen LogP contribution >= 0.6 is 0 Å². The van der Waals surface area contributed by atoms with Crippen molar-refractivity contribution in [2.24, 2.45) is 0 Å². The van der Waals surface area contributed by atoms with E-state index in [1.807, 2.05) is 18.2 Å². The lowest BCUT2D eigenvalue weighted by molar-refractivity contribution is 0.643. The van der Waals surface area contributed by atoms with Crippen molar-refractivity contribution in [1.82, 2.24) is 15.0 Å².